The second-order valence-electron chi connectivity index (χ2n) is 3.10. The zero-order valence-electron chi connectivity index (χ0n) is 10.0. The van der Waals surface area contributed by atoms with Crippen molar-refractivity contribution in [3.63, 3.8) is 0 Å². The summed E-state index contributed by atoms with van der Waals surface area (Å²) in [6.45, 7) is 0. The molecule has 0 aliphatic carbocycles. The maximum Gasteiger partial charge on any atom is 1.00 e. The van der Waals surface area contributed by atoms with Crippen LogP contribution in [0.25, 0.3) is 0 Å². The Morgan fingerprint density at radius 3 is 1.20 bits per heavy atom. The average molecular weight is 322 g/mol. The minimum atomic E-state index is -7.68. The fourth-order valence-corrected chi connectivity index (χ4v) is 0.707. The second kappa shape index (κ2) is 5.25. The molecule has 0 rings (SSSR count). The van der Waals surface area contributed by atoms with Gasteiger partial charge in [0.15, 0.2) is 0 Å². The summed E-state index contributed by atoms with van der Waals surface area (Å²) < 4.78 is 133. The summed E-state index contributed by atoms with van der Waals surface area (Å²) >= 11 is 0. The fraction of sp³-hybridized carbons (Fsp3) is 0.833. The molecule has 0 saturated carbocycles. The first-order valence-electron chi connectivity index (χ1n) is 3.76. The number of alkyl halides is 11. The summed E-state index contributed by atoms with van der Waals surface area (Å²) in [6, 6.07) is 0. The van der Waals surface area contributed by atoms with Gasteiger partial charge in [0.25, 0.3) is 0 Å². The van der Waals surface area contributed by atoms with Gasteiger partial charge in [0, 0.05) is 0 Å². The van der Waals surface area contributed by atoms with E-state index in [9.17, 15) is 53.1 Å². The molecule has 0 unspecified atom stereocenters. The number of rotatable bonds is 4. The van der Waals surface area contributed by atoms with E-state index < -0.39 is 35.8 Å². The molecule has 1 N–H and O–H groups in total. The molecule has 0 bridgehead atoms. The minimum absolute atomic E-state index is 0. The van der Waals surface area contributed by atoms with E-state index in [1.165, 1.54) is 0 Å². The van der Waals surface area contributed by atoms with Gasteiger partial charge >= 0.3 is 54.7 Å². The van der Waals surface area contributed by atoms with Crippen LogP contribution in [0, 0.1) is 0 Å². The predicted molar refractivity (Wildman–Crippen MR) is 34.6 cm³/mol. The van der Waals surface area contributed by atoms with Gasteiger partial charge in [-0.05, 0) is 0 Å². The molecule has 14 heteroatoms. The van der Waals surface area contributed by atoms with Crippen molar-refractivity contribution < 1.29 is 78.5 Å². The van der Waals surface area contributed by atoms with Gasteiger partial charge in [-0.15, -0.1) is 0 Å². The van der Waals surface area contributed by atoms with E-state index in [-0.39, 0.29) is 20.3 Å². The normalized spacial score (nSPS) is 14.8. The van der Waals surface area contributed by atoms with Crippen molar-refractivity contribution in [1.82, 2.24) is 0 Å². The van der Waals surface area contributed by atoms with Gasteiger partial charge in [-0.1, -0.05) is 0 Å². The SMILES string of the molecule is O=C(O)C(F)(F)C(F)(F)C(F)(F)C(F)(F)C(F)(F)F.[H-].[Li+]. The number of hydrogen-bond acceptors (Lipinski definition) is 1. The third-order valence-corrected chi connectivity index (χ3v) is 1.81. The molecule has 0 atom stereocenters. The largest absolute Gasteiger partial charge is 1.00 e. The Bertz CT molecular complexity index is 379. The molecule has 0 amide bonds. The minimum Gasteiger partial charge on any atom is -1.00 e. The number of halogens is 11. The van der Waals surface area contributed by atoms with Gasteiger partial charge in [0.05, 0.1) is 0 Å². The van der Waals surface area contributed by atoms with Crippen molar-refractivity contribution in [2.45, 2.75) is 29.9 Å². The fourth-order valence-electron chi connectivity index (χ4n) is 0.707. The molecule has 0 aromatic carbocycles. The predicted octanol–water partition coefficient (Wildman–Crippen LogP) is 0.291. The molecule has 0 aliphatic rings. The standard InChI is InChI=1S/C6HF11O2.Li.H/c7-2(8,1(18)19)3(9,10)4(11,12)5(13,14)6(15,16)17;;/h(H,18,19);;/q;+1;-1. The molecule has 0 heterocycles. The van der Waals surface area contributed by atoms with Crippen LogP contribution in [0.15, 0.2) is 0 Å². The van der Waals surface area contributed by atoms with Crippen molar-refractivity contribution in [2.75, 3.05) is 0 Å². The van der Waals surface area contributed by atoms with E-state index in [4.69, 9.17) is 5.11 Å². The van der Waals surface area contributed by atoms with Gasteiger partial charge in [-0.2, -0.15) is 48.3 Å². The Morgan fingerprint density at radius 1 is 0.700 bits per heavy atom. The van der Waals surface area contributed by atoms with Crippen LogP contribution in [0.3, 0.4) is 0 Å². The van der Waals surface area contributed by atoms with Crippen molar-refractivity contribution in [3.05, 3.63) is 0 Å². The Balaban J connectivity index is -0.00000162. The number of carboxylic acids is 1. The van der Waals surface area contributed by atoms with E-state index >= 15 is 0 Å². The summed E-state index contributed by atoms with van der Waals surface area (Å²) in [6.07, 6.45) is -7.30. The smallest absolute Gasteiger partial charge is 1.00 e. The summed E-state index contributed by atoms with van der Waals surface area (Å²) in [5.41, 5.74) is 0. The molecular weight excluding hydrogens is 320 g/mol. The first kappa shape index (κ1) is 21.6. The van der Waals surface area contributed by atoms with Gasteiger partial charge in [0.1, 0.15) is 0 Å². The van der Waals surface area contributed by atoms with Gasteiger partial charge in [-0.3, -0.25) is 0 Å². The zero-order chi connectivity index (χ0) is 16.1. The molecule has 116 valence electrons. The third-order valence-electron chi connectivity index (χ3n) is 1.81. The Kier molecular flexibility index (Phi) is 5.67. The summed E-state index contributed by atoms with van der Waals surface area (Å²) in [7, 11) is 0. The van der Waals surface area contributed by atoms with Crippen LogP contribution in [0.1, 0.15) is 1.43 Å². The number of hydrogen-bond donors (Lipinski definition) is 1. The number of aliphatic carboxylic acids is 1. The van der Waals surface area contributed by atoms with Crippen LogP contribution in [0.2, 0.25) is 0 Å². The Hall–Kier alpha value is -0.703. The van der Waals surface area contributed by atoms with Gasteiger partial charge in [-0.25, -0.2) is 4.79 Å². The van der Waals surface area contributed by atoms with E-state index in [0.717, 1.165) is 0 Å². The number of carbonyl (C=O) groups is 1. The zero-order valence-corrected chi connectivity index (χ0v) is 9.01. The topological polar surface area (TPSA) is 37.3 Å². The first-order valence-corrected chi connectivity index (χ1v) is 3.76. The quantitative estimate of drug-likeness (QED) is 0.597. The van der Waals surface area contributed by atoms with Crippen molar-refractivity contribution in [3.8, 4) is 0 Å². The van der Waals surface area contributed by atoms with Crippen LogP contribution < -0.4 is 18.9 Å². The molecule has 0 saturated heterocycles. The maximum absolute atomic E-state index is 12.4. The van der Waals surface area contributed by atoms with Crippen molar-refractivity contribution >= 4 is 5.97 Å². The van der Waals surface area contributed by atoms with Crippen LogP contribution in [-0.2, 0) is 4.79 Å². The first-order chi connectivity index (χ1) is 7.94. The average Bonchev–Trinajstić information content (AvgIpc) is 2.14. The molecule has 0 radical (unpaired) electrons. The van der Waals surface area contributed by atoms with E-state index in [1.807, 2.05) is 0 Å². The van der Waals surface area contributed by atoms with Gasteiger partial charge in [0.2, 0.25) is 0 Å². The van der Waals surface area contributed by atoms with E-state index in [1.54, 1.807) is 0 Å². The van der Waals surface area contributed by atoms with Crippen LogP contribution in [0.4, 0.5) is 48.3 Å². The Morgan fingerprint density at radius 2 is 1.00 bits per heavy atom. The Labute approximate surface area is 115 Å². The van der Waals surface area contributed by atoms with E-state index in [2.05, 4.69) is 0 Å². The second-order valence-corrected chi connectivity index (χ2v) is 3.10. The monoisotopic (exact) mass is 322 g/mol. The summed E-state index contributed by atoms with van der Waals surface area (Å²) in [5, 5.41) is 7.52. The van der Waals surface area contributed by atoms with Crippen LogP contribution >= 0.6 is 0 Å². The van der Waals surface area contributed by atoms with Gasteiger partial charge < -0.3 is 6.53 Å². The van der Waals surface area contributed by atoms with Crippen LogP contribution in [-0.4, -0.2) is 40.9 Å². The molecule has 0 spiro atoms. The molecule has 0 aliphatic heterocycles. The van der Waals surface area contributed by atoms with Crippen LogP contribution in [0.5, 0.6) is 0 Å². The third kappa shape index (κ3) is 2.69. The van der Waals surface area contributed by atoms with Crippen molar-refractivity contribution in [1.29, 1.82) is 0 Å². The van der Waals surface area contributed by atoms with Crippen molar-refractivity contribution in [2.24, 2.45) is 0 Å². The maximum atomic E-state index is 12.4. The molecular formula is C6H2F11LiO2. The molecule has 0 aromatic rings. The number of carboxylic acid groups (broad SMARTS) is 1. The molecule has 2 nitrogen and oxygen atoms in total. The van der Waals surface area contributed by atoms with E-state index in [0.29, 0.717) is 0 Å². The summed E-state index contributed by atoms with van der Waals surface area (Å²) in [5.74, 6) is -33.6. The summed E-state index contributed by atoms with van der Waals surface area (Å²) in [4.78, 5) is 9.60. The molecule has 0 fully saturated rings. The molecule has 20 heavy (non-hydrogen) atoms. The molecule has 0 aromatic heterocycles.